The van der Waals surface area contributed by atoms with Crippen LogP contribution in [0, 0.1) is 5.92 Å². The van der Waals surface area contributed by atoms with Crippen LogP contribution in [0.1, 0.15) is 51.9 Å². The van der Waals surface area contributed by atoms with Gasteiger partial charge < -0.3 is 5.73 Å². The lowest BCUT2D eigenvalue weighted by Crippen LogP contribution is -2.47. The van der Waals surface area contributed by atoms with E-state index in [9.17, 15) is 0 Å². The predicted molar refractivity (Wildman–Crippen MR) is 64.8 cm³/mol. The van der Waals surface area contributed by atoms with E-state index < -0.39 is 0 Å². The second kappa shape index (κ2) is 5.31. The van der Waals surface area contributed by atoms with Gasteiger partial charge in [0.2, 0.25) is 0 Å². The summed E-state index contributed by atoms with van der Waals surface area (Å²) in [5.74, 6) is 0.783. The van der Waals surface area contributed by atoms with Gasteiger partial charge in [-0.3, -0.25) is 4.90 Å². The van der Waals surface area contributed by atoms with Crippen LogP contribution in [-0.4, -0.2) is 30.1 Å². The van der Waals surface area contributed by atoms with Crippen molar-refractivity contribution in [3.63, 3.8) is 0 Å². The van der Waals surface area contributed by atoms with E-state index in [-0.39, 0.29) is 0 Å². The van der Waals surface area contributed by atoms with Gasteiger partial charge in [-0.25, -0.2) is 0 Å². The molecular formula is C13H26N2. The van der Waals surface area contributed by atoms with Crippen LogP contribution in [0.4, 0.5) is 0 Å². The Labute approximate surface area is 94.2 Å². The molecule has 1 saturated heterocycles. The molecule has 1 saturated carbocycles. The first-order chi connectivity index (χ1) is 7.36. The summed E-state index contributed by atoms with van der Waals surface area (Å²) in [6.45, 7) is 4.57. The summed E-state index contributed by atoms with van der Waals surface area (Å²) < 4.78 is 0. The van der Waals surface area contributed by atoms with Gasteiger partial charge in [-0.1, -0.05) is 19.8 Å². The van der Waals surface area contributed by atoms with Crippen molar-refractivity contribution in [3.8, 4) is 0 Å². The van der Waals surface area contributed by atoms with Crippen LogP contribution in [0.2, 0.25) is 0 Å². The molecule has 0 aromatic heterocycles. The van der Waals surface area contributed by atoms with E-state index >= 15 is 0 Å². The number of nitrogens with two attached hydrogens (primary N) is 1. The Morgan fingerprint density at radius 1 is 1.13 bits per heavy atom. The Morgan fingerprint density at radius 3 is 2.67 bits per heavy atom. The molecule has 15 heavy (non-hydrogen) atoms. The molecule has 1 aliphatic carbocycles. The van der Waals surface area contributed by atoms with Crippen molar-refractivity contribution in [2.24, 2.45) is 11.7 Å². The zero-order chi connectivity index (χ0) is 10.7. The van der Waals surface area contributed by atoms with E-state index in [1.54, 1.807) is 0 Å². The number of likely N-dealkylation sites (tertiary alicyclic amines) is 1. The Bertz CT molecular complexity index is 193. The van der Waals surface area contributed by atoms with Gasteiger partial charge in [0.05, 0.1) is 0 Å². The molecule has 2 N–H and O–H groups in total. The second-order valence-corrected chi connectivity index (χ2v) is 5.29. The summed E-state index contributed by atoms with van der Waals surface area (Å²) in [6, 6.07) is 1.68. The highest BCUT2D eigenvalue weighted by molar-refractivity contribution is 4.90. The molecule has 2 heteroatoms. The highest BCUT2D eigenvalue weighted by atomic mass is 15.2. The normalized spacial score (nSPS) is 38.4. The third kappa shape index (κ3) is 2.36. The summed E-state index contributed by atoms with van der Waals surface area (Å²) in [5, 5.41) is 0. The van der Waals surface area contributed by atoms with E-state index in [1.807, 2.05) is 0 Å². The van der Waals surface area contributed by atoms with Gasteiger partial charge in [-0.05, 0) is 51.1 Å². The van der Waals surface area contributed by atoms with Crippen molar-refractivity contribution >= 4 is 0 Å². The molecule has 0 spiro atoms. The average molecular weight is 210 g/mol. The van der Waals surface area contributed by atoms with Crippen LogP contribution in [0.25, 0.3) is 0 Å². The molecule has 2 nitrogen and oxygen atoms in total. The number of hydrogen-bond donors (Lipinski definition) is 1. The van der Waals surface area contributed by atoms with E-state index in [0.717, 1.165) is 24.5 Å². The second-order valence-electron chi connectivity index (χ2n) is 5.29. The molecule has 0 radical (unpaired) electrons. The van der Waals surface area contributed by atoms with E-state index in [4.69, 9.17) is 5.73 Å². The molecule has 0 bridgehead atoms. The summed E-state index contributed by atoms with van der Waals surface area (Å²) in [7, 11) is 0. The van der Waals surface area contributed by atoms with Crippen LogP contribution < -0.4 is 5.73 Å². The van der Waals surface area contributed by atoms with Crippen molar-refractivity contribution in [2.75, 3.05) is 13.1 Å². The van der Waals surface area contributed by atoms with Gasteiger partial charge in [0.1, 0.15) is 0 Å². The van der Waals surface area contributed by atoms with Crippen molar-refractivity contribution in [2.45, 2.75) is 64.0 Å². The maximum atomic E-state index is 5.92. The standard InChI is InChI=1S/C13H26N2/c1-2-12-7-5-9-15(12)13-8-4-3-6-11(13)10-14/h11-13H,2-10,14H2,1H3. The molecule has 3 unspecified atom stereocenters. The van der Waals surface area contributed by atoms with Crippen LogP contribution in [0.3, 0.4) is 0 Å². The van der Waals surface area contributed by atoms with Gasteiger partial charge in [-0.15, -0.1) is 0 Å². The molecule has 0 aromatic rings. The maximum absolute atomic E-state index is 5.92. The maximum Gasteiger partial charge on any atom is 0.0138 e. The molecule has 3 atom stereocenters. The van der Waals surface area contributed by atoms with Gasteiger partial charge in [0.25, 0.3) is 0 Å². The van der Waals surface area contributed by atoms with Gasteiger partial charge in [-0.2, -0.15) is 0 Å². The molecule has 2 rings (SSSR count). The predicted octanol–water partition coefficient (Wildman–Crippen LogP) is 2.38. The van der Waals surface area contributed by atoms with Crippen molar-refractivity contribution in [1.82, 2.24) is 4.90 Å². The lowest BCUT2D eigenvalue weighted by molar-refractivity contribution is 0.0935. The summed E-state index contributed by atoms with van der Waals surface area (Å²) in [5.41, 5.74) is 5.92. The number of rotatable bonds is 3. The third-order valence-electron chi connectivity index (χ3n) is 4.49. The van der Waals surface area contributed by atoms with E-state index in [2.05, 4.69) is 11.8 Å². The smallest absolute Gasteiger partial charge is 0.0138 e. The van der Waals surface area contributed by atoms with Crippen LogP contribution in [0.15, 0.2) is 0 Å². The third-order valence-corrected chi connectivity index (χ3v) is 4.49. The van der Waals surface area contributed by atoms with Crippen LogP contribution >= 0.6 is 0 Å². The SMILES string of the molecule is CCC1CCCN1C1CCCCC1CN. The number of hydrogen-bond acceptors (Lipinski definition) is 2. The molecule has 2 aliphatic rings. The molecule has 88 valence electrons. The topological polar surface area (TPSA) is 29.3 Å². The number of nitrogens with zero attached hydrogens (tertiary/aromatic N) is 1. The molecular weight excluding hydrogens is 184 g/mol. The summed E-state index contributed by atoms with van der Waals surface area (Å²) in [4.78, 5) is 2.79. The monoisotopic (exact) mass is 210 g/mol. The molecule has 0 amide bonds. The molecule has 2 fully saturated rings. The first-order valence-corrected chi connectivity index (χ1v) is 6.82. The lowest BCUT2D eigenvalue weighted by atomic mass is 9.83. The van der Waals surface area contributed by atoms with E-state index in [0.29, 0.717) is 0 Å². The fourth-order valence-corrected chi connectivity index (χ4v) is 3.63. The first-order valence-electron chi connectivity index (χ1n) is 6.82. The largest absolute Gasteiger partial charge is 0.330 e. The first kappa shape index (κ1) is 11.4. The van der Waals surface area contributed by atoms with Crippen molar-refractivity contribution < 1.29 is 0 Å². The molecule has 1 heterocycles. The van der Waals surface area contributed by atoms with Gasteiger partial charge in [0, 0.05) is 12.1 Å². The molecule has 0 aromatic carbocycles. The van der Waals surface area contributed by atoms with Gasteiger partial charge >= 0.3 is 0 Å². The summed E-state index contributed by atoms with van der Waals surface area (Å²) >= 11 is 0. The minimum absolute atomic E-state index is 0.783. The van der Waals surface area contributed by atoms with Crippen LogP contribution in [0.5, 0.6) is 0 Å². The Kier molecular flexibility index (Phi) is 4.04. The average Bonchev–Trinajstić information content (AvgIpc) is 2.76. The molecule has 1 aliphatic heterocycles. The highest BCUT2D eigenvalue weighted by Crippen LogP contribution is 2.33. The Hall–Kier alpha value is -0.0800. The lowest BCUT2D eigenvalue weighted by Gasteiger charge is -2.40. The van der Waals surface area contributed by atoms with Crippen molar-refractivity contribution in [1.29, 1.82) is 0 Å². The van der Waals surface area contributed by atoms with Crippen molar-refractivity contribution in [3.05, 3.63) is 0 Å². The zero-order valence-electron chi connectivity index (χ0n) is 10.1. The highest BCUT2D eigenvalue weighted by Gasteiger charge is 2.34. The fraction of sp³-hybridized carbons (Fsp3) is 1.00. The Morgan fingerprint density at radius 2 is 1.93 bits per heavy atom. The Balaban J connectivity index is 1.99. The summed E-state index contributed by atoms with van der Waals surface area (Å²) in [6.07, 6.45) is 9.76. The fourth-order valence-electron chi connectivity index (χ4n) is 3.63. The van der Waals surface area contributed by atoms with Gasteiger partial charge in [0.15, 0.2) is 0 Å². The zero-order valence-corrected chi connectivity index (χ0v) is 10.1. The quantitative estimate of drug-likeness (QED) is 0.775. The minimum atomic E-state index is 0.783. The minimum Gasteiger partial charge on any atom is -0.330 e. The van der Waals surface area contributed by atoms with Crippen LogP contribution in [-0.2, 0) is 0 Å². The van der Waals surface area contributed by atoms with E-state index in [1.165, 1.54) is 51.5 Å².